The molecular formula is C10H20N2O2. The van der Waals surface area contributed by atoms with E-state index in [1.807, 2.05) is 0 Å². The van der Waals surface area contributed by atoms with E-state index in [9.17, 15) is 4.79 Å². The van der Waals surface area contributed by atoms with Gasteiger partial charge in [-0.3, -0.25) is 4.79 Å². The van der Waals surface area contributed by atoms with Gasteiger partial charge in [-0.05, 0) is 19.8 Å². The second kappa shape index (κ2) is 5.32. The fraction of sp³-hybridized carbons (Fsp3) is 0.900. The van der Waals surface area contributed by atoms with Gasteiger partial charge in [0.1, 0.15) is 0 Å². The maximum atomic E-state index is 10.6. The molecule has 0 spiro atoms. The van der Waals surface area contributed by atoms with Crippen molar-refractivity contribution in [2.45, 2.75) is 32.2 Å². The van der Waals surface area contributed by atoms with Gasteiger partial charge in [-0.15, -0.1) is 0 Å². The summed E-state index contributed by atoms with van der Waals surface area (Å²) in [5.41, 5.74) is 0.0940. The van der Waals surface area contributed by atoms with Gasteiger partial charge in [-0.25, -0.2) is 0 Å². The highest BCUT2D eigenvalue weighted by atomic mass is 16.5. The Bertz CT molecular complexity index is 189. The van der Waals surface area contributed by atoms with Gasteiger partial charge in [0.05, 0.1) is 6.61 Å². The number of ether oxygens (including phenoxy) is 1. The largest absolute Gasteiger partial charge is 0.380 e. The number of nitrogens with one attached hydrogen (secondary N) is 2. The summed E-state index contributed by atoms with van der Waals surface area (Å²) in [5.74, 6) is 0.0249. The van der Waals surface area contributed by atoms with Crippen molar-refractivity contribution in [1.82, 2.24) is 10.6 Å². The number of amides is 1. The molecule has 2 N–H and O–H groups in total. The van der Waals surface area contributed by atoms with Gasteiger partial charge in [0, 0.05) is 32.2 Å². The highest BCUT2D eigenvalue weighted by molar-refractivity contribution is 5.72. The van der Waals surface area contributed by atoms with Gasteiger partial charge in [0.15, 0.2) is 0 Å². The van der Waals surface area contributed by atoms with Crippen LogP contribution >= 0.6 is 0 Å². The van der Waals surface area contributed by atoms with Crippen LogP contribution in [0.1, 0.15) is 26.7 Å². The average Bonchev–Trinajstić information content (AvgIpc) is 2.14. The number of rotatable bonds is 4. The van der Waals surface area contributed by atoms with Crippen LogP contribution in [0.5, 0.6) is 0 Å². The first-order chi connectivity index (χ1) is 6.62. The minimum atomic E-state index is 0.0249. The molecular weight excluding hydrogens is 180 g/mol. The van der Waals surface area contributed by atoms with E-state index in [1.165, 1.54) is 6.92 Å². The van der Waals surface area contributed by atoms with Crippen LogP contribution in [-0.4, -0.2) is 37.7 Å². The molecule has 1 saturated heterocycles. The maximum Gasteiger partial charge on any atom is 0.216 e. The molecule has 4 nitrogen and oxygen atoms in total. The predicted octanol–water partition coefficient (Wildman–Crippen LogP) is 0.281. The molecule has 0 radical (unpaired) electrons. The topological polar surface area (TPSA) is 50.4 Å². The van der Waals surface area contributed by atoms with Crippen LogP contribution in [0.3, 0.4) is 0 Å². The standard InChI is InChI=1S/C10H20N2O2/c1-9(13)11-5-6-12-10(2)4-3-7-14-8-10/h12H,3-8H2,1-2H3,(H,11,13). The molecule has 1 heterocycles. The van der Waals surface area contributed by atoms with Crippen molar-refractivity contribution in [3.05, 3.63) is 0 Å². The Balaban J connectivity index is 2.12. The Morgan fingerprint density at radius 2 is 2.29 bits per heavy atom. The normalized spacial score (nSPS) is 27.3. The lowest BCUT2D eigenvalue weighted by molar-refractivity contribution is -0.118. The van der Waals surface area contributed by atoms with Crippen molar-refractivity contribution in [2.24, 2.45) is 0 Å². The molecule has 1 unspecified atom stereocenters. The first kappa shape index (κ1) is 11.5. The third kappa shape index (κ3) is 4.07. The highest BCUT2D eigenvalue weighted by Crippen LogP contribution is 2.17. The summed E-state index contributed by atoms with van der Waals surface area (Å²) in [7, 11) is 0. The molecule has 1 fully saturated rings. The van der Waals surface area contributed by atoms with Gasteiger partial charge in [0.2, 0.25) is 5.91 Å². The summed E-state index contributed by atoms with van der Waals surface area (Å²) >= 11 is 0. The molecule has 1 amide bonds. The van der Waals surface area contributed by atoms with Crippen molar-refractivity contribution >= 4 is 5.91 Å². The van der Waals surface area contributed by atoms with Gasteiger partial charge < -0.3 is 15.4 Å². The van der Waals surface area contributed by atoms with Gasteiger partial charge in [0.25, 0.3) is 0 Å². The van der Waals surface area contributed by atoms with Crippen LogP contribution < -0.4 is 10.6 Å². The van der Waals surface area contributed by atoms with Gasteiger partial charge >= 0.3 is 0 Å². The quantitative estimate of drug-likeness (QED) is 0.641. The Morgan fingerprint density at radius 3 is 2.86 bits per heavy atom. The van der Waals surface area contributed by atoms with Crippen molar-refractivity contribution in [3.63, 3.8) is 0 Å². The van der Waals surface area contributed by atoms with Crippen molar-refractivity contribution in [3.8, 4) is 0 Å². The number of carbonyl (C=O) groups excluding carboxylic acids is 1. The number of hydrogen-bond donors (Lipinski definition) is 2. The SMILES string of the molecule is CC(=O)NCCNC1(C)CCCOC1. The number of hydrogen-bond acceptors (Lipinski definition) is 3. The highest BCUT2D eigenvalue weighted by Gasteiger charge is 2.26. The lowest BCUT2D eigenvalue weighted by Gasteiger charge is -2.34. The average molecular weight is 200 g/mol. The van der Waals surface area contributed by atoms with Crippen LogP contribution in [0.4, 0.5) is 0 Å². The first-order valence-electron chi connectivity index (χ1n) is 5.20. The smallest absolute Gasteiger partial charge is 0.216 e. The molecule has 0 aromatic heterocycles. The molecule has 0 bridgehead atoms. The van der Waals surface area contributed by atoms with Crippen LogP contribution in [0.25, 0.3) is 0 Å². The Morgan fingerprint density at radius 1 is 1.50 bits per heavy atom. The molecule has 0 aliphatic carbocycles. The molecule has 0 aromatic rings. The minimum Gasteiger partial charge on any atom is -0.380 e. The van der Waals surface area contributed by atoms with E-state index in [1.54, 1.807) is 0 Å². The molecule has 0 aromatic carbocycles. The molecule has 1 atom stereocenters. The molecule has 14 heavy (non-hydrogen) atoms. The van der Waals surface area contributed by atoms with E-state index in [0.717, 1.165) is 32.6 Å². The Labute approximate surface area is 85.4 Å². The second-order valence-electron chi connectivity index (χ2n) is 4.13. The lowest BCUT2D eigenvalue weighted by atomic mass is 9.95. The third-order valence-electron chi connectivity index (χ3n) is 2.49. The van der Waals surface area contributed by atoms with E-state index in [0.29, 0.717) is 6.54 Å². The molecule has 0 saturated carbocycles. The van der Waals surface area contributed by atoms with Gasteiger partial charge in [-0.1, -0.05) is 0 Å². The van der Waals surface area contributed by atoms with Crippen LogP contribution in [-0.2, 0) is 9.53 Å². The summed E-state index contributed by atoms with van der Waals surface area (Å²) in [6.07, 6.45) is 2.26. The van der Waals surface area contributed by atoms with E-state index >= 15 is 0 Å². The third-order valence-corrected chi connectivity index (χ3v) is 2.49. The monoisotopic (exact) mass is 200 g/mol. The lowest BCUT2D eigenvalue weighted by Crippen LogP contribution is -2.51. The Kier molecular flexibility index (Phi) is 4.35. The van der Waals surface area contributed by atoms with Gasteiger partial charge in [-0.2, -0.15) is 0 Å². The van der Waals surface area contributed by atoms with Crippen LogP contribution in [0.15, 0.2) is 0 Å². The zero-order valence-corrected chi connectivity index (χ0v) is 9.06. The molecule has 1 rings (SSSR count). The summed E-state index contributed by atoms with van der Waals surface area (Å²) < 4.78 is 5.41. The fourth-order valence-electron chi connectivity index (χ4n) is 1.68. The van der Waals surface area contributed by atoms with Crippen molar-refractivity contribution in [1.29, 1.82) is 0 Å². The van der Waals surface area contributed by atoms with E-state index in [-0.39, 0.29) is 11.4 Å². The molecule has 1 aliphatic rings. The van der Waals surface area contributed by atoms with Crippen molar-refractivity contribution in [2.75, 3.05) is 26.3 Å². The molecule has 82 valence electrons. The summed E-state index contributed by atoms with van der Waals surface area (Å²) in [5, 5.41) is 6.17. The zero-order valence-electron chi connectivity index (χ0n) is 9.06. The summed E-state index contributed by atoms with van der Waals surface area (Å²) in [6.45, 7) is 6.84. The predicted molar refractivity (Wildman–Crippen MR) is 55.1 cm³/mol. The molecule has 4 heteroatoms. The Hall–Kier alpha value is -0.610. The summed E-state index contributed by atoms with van der Waals surface area (Å²) in [4.78, 5) is 10.6. The fourth-order valence-corrected chi connectivity index (χ4v) is 1.68. The first-order valence-corrected chi connectivity index (χ1v) is 5.20. The molecule has 1 aliphatic heterocycles. The number of carbonyl (C=O) groups is 1. The minimum absolute atomic E-state index is 0.0249. The summed E-state index contributed by atoms with van der Waals surface area (Å²) in [6, 6.07) is 0. The zero-order chi connectivity index (χ0) is 10.4. The second-order valence-corrected chi connectivity index (χ2v) is 4.13. The van der Waals surface area contributed by atoms with Crippen molar-refractivity contribution < 1.29 is 9.53 Å². The van der Waals surface area contributed by atoms with Crippen LogP contribution in [0.2, 0.25) is 0 Å². The maximum absolute atomic E-state index is 10.6. The van der Waals surface area contributed by atoms with E-state index in [2.05, 4.69) is 17.6 Å². The van der Waals surface area contributed by atoms with E-state index in [4.69, 9.17) is 4.74 Å². The van der Waals surface area contributed by atoms with Crippen LogP contribution in [0, 0.1) is 0 Å². The van der Waals surface area contributed by atoms with E-state index < -0.39 is 0 Å².